The molecule has 0 bridgehead atoms. The summed E-state index contributed by atoms with van der Waals surface area (Å²) in [6.07, 6.45) is 0.0283. The largest absolute Gasteiger partial charge is 0.401 e. The predicted octanol–water partition coefficient (Wildman–Crippen LogP) is 1.87. The van der Waals surface area contributed by atoms with Crippen LogP contribution in [-0.2, 0) is 18.3 Å². The van der Waals surface area contributed by atoms with Crippen molar-refractivity contribution < 1.29 is 14.1 Å². The Bertz CT molecular complexity index is 928. The standard InChI is InChI=1S/C15H14N6O4/c1-9-7-12(20(2)19-9)14-17-18-15(25-14)16-13(22)8-10-3-5-11(6-4-10)21(23)24/h3-7H,8H2,1-2H3,(H,16,18,22). The number of hydrogen-bond donors (Lipinski definition) is 1. The average Bonchev–Trinajstić information content (AvgIpc) is 3.13. The zero-order valence-electron chi connectivity index (χ0n) is 13.5. The van der Waals surface area contributed by atoms with Gasteiger partial charge in [-0.2, -0.15) is 5.10 Å². The Morgan fingerprint density at radius 3 is 2.64 bits per heavy atom. The summed E-state index contributed by atoms with van der Waals surface area (Å²) < 4.78 is 7.02. The van der Waals surface area contributed by atoms with E-state index in [4.69, 9.17) is 4.42 Å². The van der Waals surface area contributed by atoms with Crippen LogP contribution in [0.25, 0.3) is 11.6 Å². The lowest BCUT2D eigenvalue weighted by Crippen LogP contribution is -2.14. The Kier molecular flexibility index (Phi) is 4.25. The number of rotatable bonds is 5. The lowest BCUT2D eigenvalue weighted by molar-refractivity contribution is -0.384. The fourth-order valence-corrected chi connectivity index (χ4v) is 2.27. The Labute approximate surface area is 141 Å². The summed E-state index contributed by atoms with van der Waals surface area (Å²) in [5.74, 6) is -0.126. The van der Waals surface area contributed by atoms with E-state index in [0.717, 1.165) is 5.69 Å². The summed E-state index contributed by atoms with van der Waals surface area (Å²) in [5.41, 5.74) is 2.04. The SMILES string of the molecule is Cc1cc(-c2nnc(NC(=O)Cc3ccc([N+](=O)[O-])cc3)o2)n(C)n1. The molecule has 3 aromatic rings. The Morgan fingerprint density at radius 2 is 2.04 bits per heavy atom. The number of anilines is 1. The van der Waals surface area contributed by atoms with E-state index in [0.29, 0.717) is 11.3 Å². The summed E-state index contributed by atoms with van der Waals surface area (Å²) >= 11 is 0. The summed E-state index contributed by atoms with van der Waals surface area (Å²) in [7, 11) is 1.75. The third-order valence-electron chi connectivity index (χ3n) is 3.40. The first kappa shape index (κ1) is 16.3. The van der Waals surface area contributed by atoms with Crippen molar-refractivity contribution in [2.24, 2.45) is 7.05 Å². The molecule has 3 rings (SSSR count). The molecule has 128 valence electrons. The van der Waals surface area contributed by atoms with Gasteiger partial charge in [0, 0.05) is 19.2 Å². The molecule has 10 heteroatoms. The Morgan fingerprint density at radius 1 is 1.32 bits per heavy atom. The van der Waals surface area contributed by atoms with Crippen LogP contribution in [0.4, 0.5) is 11.7 Å². The molecule has 0 unspecified atom stereocenters. The van der Waals surface area contributed by atoms with Crippen LogP contribution in [-0.4, -0.2) is 30.8 Å². The average molecular weight is 342 g/mol. The van der Waals surface area contributed by atoms with E-state index in [1.165, 1.54) is 24.3 Å². The van der Waals surface area contributed by atoms with E-state index >= 15 is 0 Å². The van der Waals surface area contributed by atoms with Crippen molar-refractivity contribution in [1.29, 1.82) is 0 Å². The van der Waals surface area contributed by atoms with Gasteiger partial charge in [-0.15, -0.1) is 5.10 Å². The van der Waals surface area contributed by atoms with E-state index in [9.17, 15) is 14.9 Å². The molecule has 0 atom stereocenters. The maximum Gasteiger partial charge on any atom is 0.322 e. The van der Waals surface area contributed by atoms with E-state index in [2.05, 4.69) is 20.6 Å². The van der Waals surface area contributed by atoms with E-state index in [-0.39, 0.29) is 29.9 Å². The van der Waals surface area contributed by atoms with Crippen LogP contribution >= 0.6 is 0 Å². The number of nitrogens with one attached hydrogen (secondary N) is 1. The molecule has 0 fully saturated rings. The van der Waals surface area contributed by atoms with Gasteiger partial charge in [-0.25, -0.2) is 0 Å². The van der Waals surface area contributed by atoms with Crippen molar-refractivity contribution in [2.45, 2.75) is 13.3 Å². The highest BCUT2D eigenvalue weighted by Gasteiger charge is 2.15. The van der Waals surface area contributed by atoms with E-state index in [1.54, 1.807) is 17.8 Å². The smallest absolute Gasteiger partial charge is 0.322 e. The second-order valence-corrected chi connectivity index (χ2v) is 5.36. The maximum absolute atomic E-state index is 12.0. The number of nitro benzene ring substituents is 1. The lowest BCUT2D eigenvalue weighted by atomic mass is 10.1. The van der Waals surface area contributed by atoms with Gasteiger partial charge in [-0.1, -0.05) is 17.2 Å². The maximum atomic E-state index is 12.0. The number of nitrogens with zero attached hydrogens (tertiary/aromatic N) is 5. The summed E-state index contributed by atoms with van der Waals surface area (Å²) in [4.78, 5) is 22.1. The fraction of sp³-hybridized carbons (Fsp3) is 0.200. The van der Waals surface area contributed by atoms with Crippen LogP contribution in [0.3, 0.4) is 0 Å². The van der Waals surface area contributed by atoms with Gasteiger partial charge >= 0.3 is 6.01 Å². The minimum absolute atomic E-state index is 0.0271. The number of aryl methyl sites for hydroxylation is 2. The van der Waals surface area contributed by atoms with Crippen molar-refractivity contribution in [3.8, 4) is 11.6 Å². The number of nitro groups is 1. The zero-order valence-corrected chi connectivity index (χ0v) is 13.5. The molecular formula is C15H14N6O4. The van der Waals surface area contributed by atoms with Gasteiger partial charge in [0.15, 0.2) is 0 Å². The third-order valence-corrected chi connectivity index (χ3v) is 3.40. The molecule has 25 heavy (non-hydrogen) atoms. The molecule has 2 aromatic heterocycles. The number of carbonyl (C=O) groups excluding carboxylic acids is 1. The molecule has 0 saturated heterocycles. The minimum atomic E-state index is -0.496. The van der Waals surface area contributed by atoms with Gasteiger partial charge in [-0.05, 0) is 18.6 Å². The number of hydrogen-bond acceptors (Lipinski definition) is 7. The van der Waals surface area contributed by atoms with Gasteiger partial charge in [0.1, 0.15) is 5.69 Å². The number of benzene rings is 1. The fourth-order valence-electron chi connectivity index (χ4n) is 2.27. The molecule has 1 aromatic carbocycles. The highest BCUT2D eigenvalue weighted by Crippen LogP contribution is 2.20. The van der Waals surface area contributed by atoms with Crippen LogP contribution in [0.5, 0.6) is 0 Å². The van der Waals surface area contributed by atoms with Crippen molar-refractivity contribution >= 4 is 17.6 Å². The molecule has 0 radical (unpaired) electrons. The van der Waals surface area contributed by atoms with Crippen molar-refractivity contribution in [3.63, 3.8) is 0 Å². The minimum Gasteiger partial charge on any atom is -0.401 e. The summed E-state index contributed by atoms with van der Waals surface area (Å²) in [6, 6.07) is 7.50. The van der Waals surface area contributed by atoms with Crippen molar-refractivity contribution in [1.82, 2.24) is 20.0 Å². The normalized spacial score (nSPS) is 10.6. The van der Waals surface area contributed by atoms with Crippen LogP contribution in [0.1, 0.15) is 11.3 Å². The molecule has 1 amide bonds. The molecule has 0 aliphatic carbocycles. The van der Waals surface area contributed by atoms with Gasteiger partial charge in [-0.3, -0.25) is 24.9 Å². The van der Waals surface area contributed by atoms with E-state index in [1.807, 2.05) is 6.92 Å². The summed E-state index contributed by atoms with van der Waals surface area (Å²) in [5, 5.41) is 25.0. The van der Waals surface area contributed by atoms with Gasteiger partial charge < -0.3 is 4.42 Å². The second-order valence-electron chi connectivity index (χ2n) is 5.36. The highest BCUT2D eigenvalue weighted by molar-refractivity contribution is 5.90. The molecule has 10 nitrogen and oxygen atoms in total. The van der Waals surface area contributed by atoms with Gasteiger partial charge in [0.2, 0.25) is 5.91 Å². The van der Waals surface area contributed by atoms with Gasteiger partial charge in [0.25, 0.3) is 11.6 Å². The first-order chi connectivity index (χ1) is 11.9. The summed E-state index contributed by atoms with van der Waals surface area (Å²) in [6.45, 7) is 1.84. The van der Waals surface area contributed by atoms with Crippen molar-refractivity contribution in [3.05, 3.63) is 51.7 Å². The first-order valence-corrected chi connectivity index (χ1v) is 7.30. The van der Waals surface area contributed by atoms with Gasteiger partial charge in [0.05, 0.1) is 17.0 Å². The quantitative estimate of drug-likeness (QED) is 0.553. The topological polar surface area (TPSA) is 129 Å². The number of carbonyl (C=O) groups is 1. The van der Waals surface area contributed by atoms with Crippen molar-refractivity contribution in [2.75, 3.05) is 5.32 Å². The monoisotopic (exact) mass is 342 g/mol. The molecule has 0 aliphatic rings. The molecule has 0 spiro atoms. The van der Waals surface area contributed by atoms with Crippen LogP contribution in [0, 0.1) is 17.0 Å². The molecule has 1 N–H and O–H groups in total. The number of aromatic nitrogens is 4. The third kappa shape index (κ3) is 3.68. The molecule has 0 saturated carbocycles. The first-order valence-electron chi connectivity index (χ1n) is 7.30. The highest BCUT2D eigenvalue weighted by atomic mass is 16.6. The number of amides is 1. The second kappa shape index (κ2) is 6.51. The molecular weight excluding hydrogens is 328 g/mol. The van der Waals surface area contributed by atoms with Crippen LogP contribution in [0.15, 0.2) is 34.7 Å². The van der Waals surface area contributed by atoms with E-state index < -0.39 is 4.92 Å². The number of non-ortho nitro benzene ring substituents is 1. The Hall–Kier alpha value is -3.56. The Balaban J connectivity index is 1.65. The zero-order chi connectivity index (χ0) is 18.0. The predicted molar refractivity (Wildman–Crippen MR) is 86.7 cm³/mol. The van der Waals surface area contributed by atoms with Crippen LogP contribution < -0.4 is 5.32 Å². The lowest BCUT2D eigenvalue weighted by Gasteiger charge is -2.01. The molecule has 0 aliphatic heterocycles. The molecule has 2 heterocycles. The van der Waals surface area contributed by atoms with Crippen LogP contribution in [0.2, 0.25) is 0 Å².